The minimum absolute atomic E-state index is 0.0133. The molecule has 0 spiro atoms. The molecular weight excluding hydrogens is 228 g/mol. The first kappa shape index (κ1) is 12.5. The quantitative estimate of drug-likeness (QED) is 0.460. The van der Waals surface area contributed by atoms with Crippen LogP contribution in [0.5, 0.6) is 11.8 Å². The van der Waals surface area contributed by atoms with Gasteiger partial charge in [0.25, 0.3) is 0 Å². The third-order valence-electron chi connectivity index (χ3n) is 1.63. The van der Waals surface area contributed by atoms with E-state index in [1.807, 2.05) is 0 Å². The minimum atomic E-state index is -0.530. The number of ether oxygens (including phenoxy) is 2. The Hall–Kier alpha value is -2.54. The molecule has 0 saturated heterocycles. The molecule has 1 N–H and O–H groups in total. The highest BCUT2D eigenvalue weighted by atomic mass is 16.5. The van der Waals surface area contributed by atoms with Crippen LogP contribution in [-0.2, 0) is 4.79 Å². The van der Waals surface area contributed by atoms with Crippen molar-refractivity contribution < 1.29 is 14.3 Å². The second-order valence-electron chi connectivity index (χ2n) is 2.71. The van der Waals surface area contributed by atoms with Gasteiger partial charge in [-0.1, -0.05) is 5.11 Å². The summed E-state index contributed by atoms with van der Waals surface area (Å²) in [5.74, 6) is -0.0238. The molecule has 0 aliphatic carbocycles. The van der Waals surface area contributed by atoms with Crippen LogP contribution in [0.4, 0.5) is 5.95 Å². The summed E-state index contributed by atoms with van der Waals surface area (Å²) in [6, 6.07) is 1.46. The first-order chi connectivity index (χ1) is 8.19. The second kappa shape index (κ2) is 6.13. The number of aromatic nitrogens is 2. The fourth-order valence-corrected chi connectivity index (χ4v) is 0.929. The molecule has 9 heteroatoms. The summed E-state index contributed by atoms with van der Waals surface area (Å²) in [6.45, 7) is -0.334. The lowest BCUT2D eigenvalue weighted by atomic mass is 10.5. The lowest BCUT2D eigenvalue weighted by Crippen LogP contribution is -2.16. The Morgan fingerprint density at radius 2 is 2.06 bits per heavy atom. The van der Waals surface area contributed by atoms with Gasteiger partial charge < -0.3 is 9.47 Å². The Bertz CT molecular complexity index is 434. The summed E-state index contributed by atoms with van der Waals surface area (Å²) in [7, 11) is 2.85. The molecule has 0 radical (unpaired) electrons. The lowest BCUT2D eigenvalue weighted by Gasteiger charge is -2.06. The smallest absolute Gasteiger partial charge is 0.236 e. The Labute approximate surface area is 96.4 Å². The van der Waals surface area contributed by atoms with Gasteiger partial charge in [0.05, 0.1) is 20.3 Å². The van der Waals surface area contributed by atoms with Crippen molar-refractivity contribution in [2.24, 2.45) is 5.11 Å². The maximum absolute atomic E-state index is 11.2. The molecule has 0 aromatic carbocycles. The van der Waals surface area contributed by atoms with Crippen molar-refractivity contribution in [3.63, 3.8) is 0 Å². The van der Waals surface area contributed by atoms with Crippen molar-refractivity contribution in [1.82, 2.24) is 9.97 Å². The van der Waals surface area contributed by atoms with Crippen LogP contribution in [0.3, 0.4) is 0 Å². The van der Waals surface area contributed by atoms with Crippen LogP contribution in [0.25, 0.3) is 10.4 Å². The van der Waals surface area contributed by atoms with Crippen molar-refractivity contribution in [3.8, 4) is 11.8 Å². The summed E-state index contributed by atoms with van der Waals surface area (Å²) in [6.07, 6.45) is 0. The number of rotatable bonds is 5. The molecule has 0 atom stereocenters. The van der Waals surface area contributed by atoms with Crippen LogP contribution in [0.15, 0.2) is 11.2 Å². The van der Waals surface area contributed by atoms with E-state index in [1.54, 1.807) is 0 Å². The maximum atomic E-state index is 11.2. The SMILES string of the molecule is COc1cc(OC)nc(NC(=O)CN=[N+]=[N-])n1. The highest BCUT2D eigenvalue weighted by Crippen LogP contribution is 2.16. The average molecular weight is 238 g/mol. The molecule has 1 aromatic rings. The normalized spacial score (nSPS) is 9.06. The molecule has 1 amide bonds. The van der Waals surface area contributed by atoms with Crippen LogP contribution in [0, 0.1) is 0 Å². The topological polar surface area (TPSA) is 122 Å². The van der Waals surface area contributed by atoms with Crippen molar-refractivity contribution in [3.05, 3.63) is 16.5 Å². The summed E-state index contributed by atoms with van der Waals surface area (Å²) < 4.78 is 9.79. The summed E-state index contributed by atoms with van der Waals surface area (Å²) in [5, 5.41) is 5.44. The van der Waals surface area contributed by atoms with Gasteiger partial charge in [-0.2, -0.15) is 9.97 Å². The third kappa shape index (κ3) is 3.84. The first-order valence-electron chi connectivity index (χ1n) is 4.47. The van der Waals surface area contributed by atoms with Gasteiger partial charge in [0.2, 0.25) is 23.6 Å². The van der Waals surface area contributed by atoms with E-state index in [0.717, 1.165) is 0 Å². The number of hydrogen-bond acceptors (Lipinski definition) is 6. The number of nitrogens with zero attached hydrogens (tertiary/aromatic N) is 5. The van der Waals surface area contributed by atoms with Crippen LogP contribution in [0.2, 0.25) is 0 Å². The Balaban J connectivity index is 2.82. The van der Waals surface area contributed by atoms with Crippen molar-refractivity contribution in [2.45, 2.75) is 0 Å². The highest BCUT2D eigenvalue weighted by molar-refractivity contribution is 5.90. The molecule has 9 nitrogen and oxygen atoms in total. The number of nitrogens with one attached hydrogen (secondary N) is 1. The van der Waals surface area contributed by atoms with E-state index < -0.39 is 5.91 Å². The maximum Gasteiger partial charge on any atom is 0.236 e. The Morgan fingerprint density at radius 3 is 2.53 bits per heavy atom. The molecular formula is C8H10N6O3. The molecule has 0 aliphatic rings. The largest absolute Gasteiger partial charge is 0.481 e. The number of carbonyl (C=O) groups excluding carboxylic acids is 1. The molecule has 0 unspecified atom stereocenters. The second-order valence-corrected chi connectivity index (χ2v) is 2.71. The van der Waals surface area contributed by atoms with Gasteiger partial charge in [0.15, 0.2) is 0 Å². The Kier molecular flexibility index (Phi) is 4.52. The van der Waals surface area contributed by atoms with Gasteiger partial charge in [-0.15, -0.1) is 0 Å². The molecule has 17 heavy (non-hydrogen) atoms. The molecule has 1 aromatic heterocycles. The highest BCUT2D eigenvalue weighted by Gasteiger charge is 2.08. The monoisotopic (exact) mass is 238 g/mol. The zero-order valence-corrected chi connectivity index (χ0v) is 9.25. The minimum Gasteiger partial charge on any atom is -0.481 e. The van der Waals surface area contributed by atoms with E-state index >= 15 is 0 Å². The zero-order chi connectivity index (χ0) is 12.7. The number of carbonyl (C=O) groups is 1. The fraction of sp³-hybridized carbons (Fsp3) is 0.375. The number of methoxy groups -OCH3 is 2. The molecule has 1 heterocycles. The van der Waals surface area contributed by atoms with E-state index in [4.69, 9.17) is 15.0 Å². The molecule has 0 fully saturated rings. The van der Waals surface area contributed by atoms with Gasteiger partial charge in [0, 0.05) is 4.91 Å². The van der Waals surface area contributed by atoms with Gasteiger partial charge in [-0.25, -0.2) is 0 Å². The summed E-state index contributed by atoms with van der Waals surface area (Å²) in [4.78, 5) is 21.4. The standard InChI is InChI=1S/C8H10N6O3/c1-16-6-3-7(17-2)13-8(12-6)11-5(15)4-10-14-9/h3H,4H2,1-2H3,(H,11,12,13,15). The van der Waals surface area contributed by atoms with E-state index in [0.29, 0.717) is 0 Å². The average Bonchev–Trinajstić information content (AvgIpc) is 2.35. The van der Waals surface area contributed by atoms with E-state index in [1.165, 1.54) is 20.3 Å². The van der Waals surface area contributed by atoms with Crippen LogP contribution >= 0.6 is 0 Å². The number of anilines is 1. The van der Waals surface area contributed by atoms with Crippen molar-refractivity contribution >= 4 is 11.9 Å². The van der Waals surface area contributed by atoms with Crippen LogP contribution < -0.4 is 14.8 Å². The molecule has 1 rings (SSSR count). The van der Waals surface area contributed by atoms with Gasteiger partial charge >= 0.3 is 0 Å². The van der Waals surface area contributed by atoms with E-state index in [-0.39, 0.29) is 24.3 Å². The van der Waals surface area contributed by atoms with Crippen LogP contribution in [0.1, 0.15) is 0 Å². The van der Waals surface area contributed by atoms with E-state index in [2.05, 4.69) is 25.3 Å². The predicted octanol–water partition coefficient (Wildman–Crippen LogP) is 0.743. The van der Waals surface area contributed by atoms with Crippen LogP contribution in [-0.4, -0.2) is 36.6 Å². The molecule has 0 bridgehead atoms. The number of azide groups is 1. The van der Waals surface area contributed by atoms with Crippen molar-refractivity contribution in [2.75, 3.05) is 26.1 Å². The van der Waals surface area contributed by atoms with Crippen molar-refractivity contribution in [1.29, 1.82) is 0 Å². The summed E-state index contributed by atoms with van der Waals surface area (Å²) in [5.41, 5.74) is 8.05. The van der Waals surface area contributed by atoms with E-state index in [9.17, 15) is 4.79 Å². The third-order valence-corrected chi connectivity index (χ3v) is 1.63. The van der Waals surface area contributed by atoms with Gasteiger partial charge in [-0.3, -0.25) is 10.1 Å². The molecule has 0 aliphatic heterocycles. The van der Waals surface area contributed by atoms with Gasteiger partial charge in [0.1, 0.15) is 6.54 Å². The summed E-state index contributed by atoms with van der Waals surface area (Å²) >= 11 is 0. The molecule has 90 valence electrons. The number of amides is 1. The molecule has 0 saturated carbocycles. The van der Waals surface area contributed by atoms with Gasteiger partial charge in [-0.05, 0) is 5.53 Å². The predicted molar refractivity (Wildman–Crippen MR) is 57.8 cm³/mol. The lowest BCUT2D eigenvalue weighted by molar-refractivity contribution is -0.114. The number of hydrogen-bond donors (Lipinski definition) is 1. The fourth-order valence-electron chi connectivity index (χ4n) is 0.929. The zero-order valence-electron chi connectivity index (χ0n) is 9.25. The Morgan fingerprint density at radius 1 is 1.47 bits per heavy atom. The first-order valence-corrected chi connectivity index (χ1v) is 4.47.